The lowest BCUT2D eigenvalue weighted by molar-refractivity contribution is 0.168. The number of hydrogen-bond acceptors (Lipinski definition) is 3. The maximum absolute atomic E-state index is 12.5. The van der Waals surface area contributed by atoms with E-state index in [1.807, 2.05) is 42.2 Å². The molecule has 2 amide bonds. The van der Waals surface area contributed by atoms with Crippen LogP contribution in [0, 0.1) is 11.3 Å². The number of nitrogens with zero attached hydrogens (tertiary/aromatic N) is 2. The first-order valence-corrected chi connectivity index (χ1v) is 9.60. The lowest BCUT2D eigenvalue weighted by Crippen LogP contribution is -2.50. The Balaban J connectivity index is 1.56. The first-order chi connectivity index (χ1) is 12.1. The summed E-state index contributed by atoms with van der Waals surface area (Å²) in [7, 11) is 0. The molecule has 0 radical (unpaired) electrons. The molecule has 0 bridgehead atoms. The van der Waals surface area contributed by atoms with Crippen molar-refractivity contribution < 1.29 is 4.79 Å². The minimum absolute atomic E-state index is 0.0256. The molecule has 1 saturated heterocycles. The Morgan fingerprint density at radius 2 is 2.04 bits per heavy atom. The third-order valence-electron chi connectivity index (χ3n) is 4.94. The van der Waals surface area contributed by atoms with Gasteiger partial charge in [0.15, 0.2) is 0 Å². The number of carbonyl (C=O) groups is 1. The summed E-state index contributed by atoms with van der Waals surface area (Å²) < 4.78 is 0. The molecular formula is C20H23N3OS. The van der Waals surface area contributed by atoms with Crippen molar-refractivity contribution in [2.24, 2.45) is 0 Å². The molecule has 1 N–H and O–H groups in total. The molecule has 1 fully saturated rings. The van der Waals surface area contributed by atoms with Gasteiger partial charge in [-0.2, -0.15) is 16.6 Å². The van der Waals surface area contributed by atoms with E-state index in [0.717, 1.165) is 12.0 Å². The molecule has 0 saturated carbocycles. The average Bonchev–Trinajstić information content (AvgIpc) is 3.15. The molecule has 2 heterocycles. The summed E-state index contributed by atoms with van der Waals surface area (Å²) in [6, 6.07) is 14.6. The smallest absolute Gasteiger partial charge is 0.317 e. The van der Waals surface area contributed by atoms with E-state index in [1.165, 1.54) is 5.56 Å². The van der Waals surface area contributed by atoms with Gasteiger partial charge in [0.05, 0.1) is 11.5 Å². The number of hydrogen-bond donors (Lipinski definition) is 1. The molecule has 2 aromatic rings. The van der Waals surface area contributed by atoms with Crippen LogP contribution in [0.25, 0.3) is 0 Å². The van der Waals surface area contributed by atoms with Gasteiger partial charge in [0.25, 0.3) is 0 Å². The molecule has 0 spiro atoms. The summed E-state index contributed by atoms with van der Waals surface area (Å²) >= 11 is 1.67. The van der Waals surface area contributed by atoms with Crippen LogP contribution < -0.4 is 5.32 Å². The fraction of sp³-hybridized carbons (Fsp3) is 0.400. The van der Waals surface area contributed by atoms with Crippen LogP contribution in [0.3, 0.4) is 0 Å². The molecule has 1 atom stereocenters. The second kappa shape index (κ2) is 7.71. The number of benzene rings is 1. The molecule has 4 nitrogen and oxygen atoms in total. The van der Waals surface area contributed by atoms with Gasteiger partial charge >= 0.3 is 6.03 Å². The highest BCUT2D eigenvalue weighted by atomic mass is 32.1. The molecule has 3 rings (SSSR count). The van der Waals surface area contributed by atoms with Crippen molar-refractivity contribution in [1.29, 1.82) is 5.26 Å². The molecular weight excluding hydrogens is 330 g/mol. The molecule has 5 heteroatoms. The van der Waals surface area contributed by atoms with E-state index in [9.17, 15) is 10.1 Å². The lowest BCUT2D eigenvalue weighted by Gasteiger charge is -2.38. The Morgan fingerprint density at radius 1 is 1.32 bits per heavy atom. The van der Waals surface area contributed by atoms with Crippen LogP contribution in [0.15, 0.2) is 47.2 Å². The van der Waals surface area contributed by atoms with Crippen molar-refractivity contribution in [1.82, 2.24) is 10.2 Å². The second-order valence-corrected chi connectivity index (χ2v) is 7.51. The van der Waals surface area contributed by atoms with Gasteiger partial charge in [-0.3, -0.25) is 0 Å². The Morgan fingerprint density at radius 3 is 2.64 bits per heavy atom. The standard InChI is InChI=1S/C20H23N3OS/c1-16(13-17-7-12-25-14-17)22-19(24)23-10-8-20(15-21,9-11-23)18-5-3-2-4-6-18/h2-7,12,14,16H,8-11,13H2,1H3,(H,22,24)/t16-/m1/s1. The monoisotopic (exact) mass is 353 g/mol. The first-order valence-electron chi connectivity index (χ1n) is 8.66. The van der Waals surface area contributed by atoms with E-state index < -0.39 is 5.41 Å². The number of likely N-dealkylation sites (tertiary alicyclic amines) is 1. The quantitative estimate of drug-likeness (QED) is 0.905. The summed E-state index contributed by atoms with van der Waals surface area (Å²) in [5.41, 5.74) is 1.84. The molecule has 0 aliphatic carbocycles. The number of nitrogens with one attached hydrogen (secondary N) is 1. The zero-order chi connectivity index (χ0) is 17.7. The Hall–Kier alpha value is -2.32. The molecule has 0 unspecified atom stereocenters. The Kier molecular flexibility index (Phi) is 5.40. The fourth-order valence-electron chi connectivity index (χ4n) is 3.43. The molecule has 130 valence electrons. The number of thiophene rings is 1. The van der Waals surface area contributed by atoms with Crippen LogP contribution in [0.1, 0.15) is 30.9 Å². The van der Waals surface area contributed by atoms with Gasteiger partial charge in [-0.1, -0.05) is 30.3 Å². The minimum Gasteiger partial charge on any atom is -0.335 e. The summed E-state index contributed by atoms with van der Waals surface area (Å²) in [5, 5.41) is 17.0. The van der Waals surface area contributed by atoms with Crippen molar-refractivity contribution in [3.05, 3.63) is 58.3 Å². The number of carbonyl (C=O) groups excluding carboxylic acids is 1. The van der Waals surface area contributed by atoms with E-state index in [2.05, 4.69) is 28.2 Å². The first kappa shape index (κ1) is 17.5. The minimum atomic E-state index is -0.472. The van der Waals surface area contributed by atoms with Crippen molar-refractivity contribution >= 4 is 17.4 Å². The lowest BCUT2D eigenvalue weighted by atomic mass is 9.74. The van der Waals surface area contributed by atoms with Crippen LogP contribution in [-0.4, -0.2) is 30.1 Å². The van der Waals surface area contributed by atoms with E-state index in [4.69, 9.17) is 0 Å². The summed E-state index contributed by atoms with van der Waals surface area (Å²) in [4.78, 5) is 14.3. The van der Waals surface area contributed by atoms with Crippen molar-refractivity contribution in [2.45, 2.75) is 37.6 Å². The molecule has 1 aromatic heterocycles. The predicted molar refractivity (Wildman–Crippen MR) is 101 cm³/mol. The summed E-state index contributed by atoms with van der Waals surface area (Å²) in [6.45, 7) is 3.25. The Bertz CT molecular complexity index is 728. The van der Waals surface area contributed by atoms with Crippen LogP contribution in [0.4, 0.5) is 4.79 Å². The average molecular weight is 353 g/mol. The molecule has 1 aliphatic heterocycles. The van der Waals surface area contributed by atoms with Crippen molar-refractivity contribution in [3.8, 4) is 6.07 Å². The van der Waals surface area contributed by atoms with Crippen LogP contribution in [-0.2, 0) is 11.8 Å². The van der Waals surface area contributed by atoms with Crippen LogP contribution in [0.2, 0.25) is 0 Å². The van der Waals surface area contributed by atoms with Crippen LogP contribution in [0.5, 0.6) is 0 Å². The molecule has 1 aromatic carbocycles. The van der Waals surface area contributed by atoms with Gasteiger partial charge < -0.3 is 10.2 Å². The van der Waals surface area contributed by atoms with Gasteiger partial charge in [-0.25, -0.2) is 4.79 Å². The number of urea groups is 1. The highest BCUT2D eigenvalue weighted by molar-refractivity contribution is 7.07. The second-order valence-electron chi connectivity index (χ2n) is 6.73. The third kappa shape index (κ3) is 4.02. The largest absolute Gasteiger partial charge is 0.335 e. The molecule has 25 heavy (non-hydrogen) atoms. The van der Waals surface area contributed by atoms with Crippen molar-refractivity contribution in [3.63, 3.8) is 0 Å². The summed E-state index contributed by atoms with van der Waals surface area (Å²) in [5.74, 6) is 0. The van der Waals surface area contributed by atoms with Crippen LogP contribution >= 0.6 is 11.3 Å². The maximum atomic E-state index is 12.5. The van der Waals surface area contributed by atoms with E-state index in [-0.39, 0.29) is 12.1 Å². The summed E-state index contributed by atoms with van der Waals surface area (Å²) in [6.07, 6.45) is 2.20. The maximum Gasteiger partial charge on any atom is 0.317 e. The highest BCUT2D eigenvalue weighted by Gasteiger charge is 2.37. The number of rotatable bonds is 4. The Labute approximate surface area is 153 Å². The number of nitriles is 1. The van der Waals surface area contributed by atoms with E-state index in [1.54, 1.807) is 11.3 Å². The van der Waals surface area contributed by atoms with Gasteiger partial charge in [-0.15, -0.1) is 0 Å². The molecule has 1 aliphatic rings. The van der Waals surface area contributed by atoms with E-state index >= 15 is 0 Å². The predicted octanol–water partition coefficient (Wildman–Crippen LogP) is 3.95. The highest BCUT2D eigenvalue weighted by Crippen LogP contribution is 2.34. The zero-order valence-electron chi connectivity index (χ0n) is 14.4. The number of piperidine rings is 1. The third-order valence-corrected chi connectivity index (χ3v) is 5.67. The number of amides is 2. The van der Waals surface area contributed by atoms with E-state index in [0.29, 0.717) is 25.9 Å². The fourth-order valence-corrected chi connectivity index (χ4v) is 4.11. The van der Waals surface area contributed by atoms with Gasteiger partial charge in [-0.05, 0) is 54.1 Å². The SMILES string of the molecule is C[C@H](Cc1ccsc1)NC(=O)N1CCC(C#N)(c2ccccc2)CC1. The van der Waals surface area contributed by atoms with Gasteiger partial charge in [0.1, 0.15) is 0 Å². The van der Waals surface area contributed by atoms with Gasteiger partial charge in [0, 0.05) is 19.1 Å². The zero-order valence-corrected chi connectivity index (χ0v) is 15.3. The topological polar surface area (TPSA) is 56.1 Å². The normalized spacial score (nSPS) is 17.5. The van der Waals surface area contributed by atoms with Gasteiger partial charge in [0.2, 0.25) is 0 Å². The van der Waals surface area contributed by atoms with Crippen molar-refractivity contribution in [2.75, 3.05) is 13.1 Å².